The van der Waals surface area contributed by atoms with Crippen LogP contribution in [0.15, 0.2) is 109 Å². The first kappa shape index (κ1) is 54.1. The van der Waals surface area contributed by atoms with Gasteiger partial charge in [0, 0.05) is 12.8 Å². The minimum atomic E-state index is -4.74. The lowest BCUT2D eigenvalue weighted by Crippen LogP contribution is -2.34. The van der Waals surface area contributed by atoms with Gasteiger partial charge in [0.15, 0.2) is 6.10 Å². The third kappa shape index (κ3) is 39.0. The van der Waals surface area contributed by atoms with E-state index in [4.69, 9.17) is 24.8 Å². The van der Waals surface area contributed by atoms with Crippen molar-refractivity contribution in [1.29, 1.82) is 0 Å². The molecule has 0 aromatic heterocycles. The Kier molecular flexibility index (Phi) is 37.3. The van der Waals surface area contributed by atoms with Crippen molar-refractivity contribution < 1.29 is 47.5 Å². The monoisotopic (exact) mass is 829 g/mol. The highest BCUT2D eigenvalue weighted by Gasteiger charge is 2.28. The summed E-state index contributed by atoms with van der Waals surface area (Å²) in [4.78, 5) is 45.9. The van der Waals surface area contributed by atoms with Gasteiger partial charge >= 0.3 is 25.7 Å². The minimum Gasteiger partial charge on any atom is -0.480 e. The number of carboxylic acid groups (broad SMARTS) is 1. The number of carbonyl (C=O) groups is 3. The average Bonchev–Trinajstić information content (AvgIpc) is 3.20. The summed E-state index contributed by atoms with van der Waals surface area (Å²) in [6.07, 6.45) is 51.6. The molecule has 0 aromatic rings. The van der Waals surface area contributed by atoms with Crippen molar-refractivity contribution in [2.75, 3.05) is 19.8 Å². The number of aliphatic carboxylic acids is 1. The zero-order chi connectivity index (χ0) is 42.8. The highest BCUT2D eigenvalue weighted by Crippen LogP contribution is 2.43. The van der Waals surface area contributed by atoms with Gasteiger partial charge in [-0.3, -0.25) is 23.4 Å². The normalized spacial score (nSPS) is 14.8. The van der Waals surface area contributed by atoms with Crippen LogP contribution in [0.2, 0.25) is 0 Å². The maximum atomic E-state index is 12.6. The smallest absolute Gasteiger partial charge is 0.472 e. The summed E-state index contributed by atoms with van der Waals surface area (Å²) in [5.41, 5.74) is 5.32. The van der Waals surface area contributed by atoms with Crippen LogP contribution >= 0.6 is 7.82 Å². The van der Waals surface area contributed by atoms with Crippen molar-refractivity contribution in [2.45, 2.75) is 142 Å². The van der Waals surface area contributed by atoms with Crippen LogP contribution in [-0.2, 0) is 37.5 Å². The lowest BCUT2D eigenvalue weighted by molar-refractivity contribution is -0.161. The molecule has 0 rings (SSSR count). The second-order valence-corrected chi connectivity index (χ2v) is 14.9. The number of esters is 2. The molecule has 0 heterocycles. The van der Waals surface area contributed by atoms with E-state index in [1.807, 2.05) is 24.3 Å². The Morgan fingerprint density at radius 2 is 1.00 bits per heavy atom. The molecule has 0 bridgehead atoms. The van der Waals surface area contributed by atoms with Crippen molar-refractivity contribution in [1.82, 2.24) is 0 Å². The number of unbranched alkanes of at least 4 members (excludes halogenated alkanes) is 7. The number of allylic oxidation sites excluding steroid dienone is 18. The molecule has 0 aliphatic rings. The molecule has 58 heavy (non-hydrogen) atoms. The van der Waals surface area contributed by atoms with Crippen molar-refractivity contribution >= 4 is 25.7 Å². The average molecular weight is 830 g/mol. The van der Waals surface area contributed by atoms with E-state index in [0.29, 0.717) is 12.8 Å². The van der Waals surface area contributed by atoms with Crippen molar-refractivity contribution in [3.05, 3.63) is 109 Å². The highest BCUT2D eigenvalue weighted by atomic mass is 31.2. The molecule has 0 radical (unpaired) electrons. The molecule has 2 unspecified atom stereocenters. The summed E-state index contributed by atoms with van der Waals surface area (Å²) in [7, 11) is -4.74. The molecule has 326 valence electrons. The number of rotatable bonds is 37. The molecule has 0 saturated heterocycles. The summed E-state index contributed by atoms with van der Waals surface area (Å²) < 4.78 is 32.6. The minimum absolute atomic E-state index is 0.121. The van der Waals surface area contributed by atoms with Crippen LogP contribution in [0.5, 0.6) is 0 Å². The van der Waals surface area contributed by atoms with Crippen molar-refractivity contribution in [3.63, 3.8) is 0 Å². The first-order valence-electron chi connectivity index (χ1n) is 20.9. The first-order valence-corrected chi connectivity index (χ1v) is 22.4. The van der Waals surface area contributed by atoms with Gasteiger partial charge in [-0.05, 0) is 83.5 Å². The summed E-state index contributed by atoms with van der Waals surface area (Å²) in [5.74, 6) is -2.48. The van der Waals surface area contributed by atoms with E-state index in [0.717, 1.165) is 89.9 Å². The number of phosphoric ester groups is 1. The molecule has 0 aliphatic carbocycles. The second-order valence-electron chi connectivity index (χ2n) is 13.4. The van der Waals surface area contributed by atoms with E-state index in [-0.39, 0.29) is 19.4 Å². The van der Waals surface area contributed by atoms with Crippen molar-refractivity contribution in [2.24, 2.45) is 5.73 Å². The molecule has 0 saturated carbocycles. The topological polar surface area (TPSA) is 172 Å². The quantitative estimate of drug-likeness (QED) is 0.0179. The fourth-order valence-electron chi connectivity index (χ4n) is 4.83. The Morgan fingerprint density at radius 1 is 0.552 bits per heavy atom. The predicted octanol–water partition coefficient (Wildman–Crippen LogP) is 11.1. The third-order valence-electron chi connectivity index (χ3n) is 8.08. The molecule has 0 spiro atoms. The zero-order valence-corrected chi connectivity index (χ0v) is 36.0. The number of nitrogens with two attached hydrogens (primary N) is 1. The Morgan fingerprint density at radius 3 is 1.59 bits per heavy atom. The van der Waals surface area contributed by atoms with Gasteiger partial charge in [-0.1, -0.05) is 142 Å². The number of carbonyl (C=O) groups excluding carboxylic acids is 2. The van der Waals surface area contributed by atoms with Crippen LogP contribution in [0.3, 0.4) is 0 Å². The van der Waals surface area contributed by atoms with Crippen LogP contribution in [0.1, 0.15) is 129 Å². The van der Waals surface area contributed by atoms with E-state index in [1.54, 1.807) is 0 Å². The Hall–Kier alpha value is -3.86. The molecule has 0 fully saturated rings. The first-order chi connectivity index (χ1) is 28.1. The van der Waals surface area contributed by atoms with Gasteiger partial charge in [-0.25, -0.2) is 4.57 Å². The van der Waals surface area contributed by atoms with Gasteiger partial charge in [0.1, 0.15) is 12.6 Å². The van der Waals surface area contributed by atoms with E-state index in [2.05, 4.69) is 103 Å². The summed E-state index contributed by atoms with van der Waals surface area (Å²) in [5, 5.41) is 8.88. The summed E-state index contributed by atoms with van der Waals surface area (Å²) in [6, 6.07) is -1.54. The molecule has 12 heteroatoms. The third-order valence-corrected chi connectivity index (χ3v) is 9.03. The van der Waals surface area contributed by atoms with Crippen molar-refractivity contribution in [3.8, 4) is 0 Å². The lowest BCUT2D eigenvalue weighted by atomic mass is 10.1. The van der Waals surface area contributed by atoms with Crippen LogP contribution in [0, 0.1) is 0 Å². The van der Waals surface area contributed by atoms with Gasteiger partial charge in [0.2, 0.25) is 0 Å². The fraction of sp³-hybridized carbons (Fsp3) is 0.543. The number of hydrogen-bond acceptors (Lipinski definition) is 9. The highest BCUT2D eigenvalue weighted by molar-refractivity contribution is 7.47. The van der Waals surface area contributed by atoms with E-state index >= 15 is 0 Å². The molecule has 0 amide bonds. The van der Waals surface area contributed by atoms with Crippen LogP contribution in [-0.4, -0.2) is 59.9 Å². The zero-order valence-electron chi connectivity index (χ0n) is 35.1. The fourth-order valence-corrected chi connectivity index (χ4v) is 5.61. The molecular formula is C46H72NO10P. The van der Waals surface area contributed by atoms with Crippen LogP contribution < -0.4 is 5.73 Å². The molecule has 4 N–H and O–H groups in total. The van der Waals surface area contributed by atoms with E-state index in [9.17, 15) is 23.8 Å². The van der Waals surface area contributed by atoms with E-state index in [1.165, 1.54) is 0 Å². The number of phosphoric acid groups is 1. The SMILES string of the molecule is CC/C=C/C=C/C=C/CCCCCCCC(=O)OC(COC(=O)CCCC/C=C/C/C=C/C/C=C/C/C=C/C/C=C/C/C=C/CC)COP(=O)(O)OC[C@H](N)C(=O)O. The summed E-state index contributed by atoms with van der Waals surface area (Å²) >= 11 is 0. The molecule has 0 aliphatic heterocycles. The van der Waals surface area contributed by atoms with Crippen LogP contribution in [0.25, 0.3) is 0 Å². The number of hydrogen-bond donors (Lipinski definition) is 3. The molecular weight excluding hydrogens is 757 g/mol. The van der Waals surface area contributed by atoms with Gasteiger partial charge in [0.25, 0.3) is 0 Å². The van der Waals surface area contributed by atoms with E-state index < -0.39 is 51.1 Å². The Labute approximate surface area is 348 Å². The second kappa shape index (κ2) is 39.9. The molecule has 0 aromatic carbocycles. The predicted molar refractivity (Wildman–Crippen MR) is 235 cm³/mol. The number of carboxylic acids is 1. The number of ether oxygens (including phenoxy) is 2. The van der Waals surface area contributed by atoms with Gasteiger partial charge < -0.3 is 25.2 Å². The van der Waals surface area contributed by atoms with Gasteiger partial charge in [0.05, 0.1) is 13.2 Å². The van der Waals surface area contributed by atoms with Gasteiger partial charge in [-0.15, -0.1) is 0 Å². The molecule has 11 nitrogen and oxygen atoms in total. The maximum Gasteiger partial charge on any atom is 0.472 e. The largest absolute Gasteiger partial charge is 0.480 e. The Bertz CT molecular complexity index is 1390. The van der Waals surface area contributed by atoms with Gasteiger partial charge in [-0.2, -0.15) is 0 Å². The standard InChI is InChI=1S/C46H72NO10P/c1-3-5-7-9-11-13-15-17-18-19-20-21-22-23-24-26-27-29-31-33-35-37-44(48)54-39-42(40-55-58(52,53)56-41-43(47)46(50)51)57-45(49)38-36-34-32-30-28-25-16-14-12-10-8-6-4-2/h5-8,10-14,16-18,20-21,23-24,27,29,42-43H,3-4,9,15,19,22,25-26,28,30-41,47H2,1-2H3,(H,50,51)(H,52,53)/b7-5+,8-6+,12-10+,13-11+,16-14+,18-17+,21-20+,24-23+,29-27+/t42?,43-/m0/s1. The lowest BCUT2D eigenvalue weighted by Gasteiger charge is -2.20. The molecule has 3 atom stereocenters. The van der Waals surface area contributed by atoms with Crippen LogP contribution in [0.4, 0.5) is 0 Å². The maximum absolute atomic E-state index is 12.6. The Balaban J connectivity index is 4.49. The summed E-state index contributed by atoms with van der Waals surface area (Å²) in [6.45, 7) is 2.45.